The van der Waals surface area contributed by atoms with Crippen molar-refractivity contribution in [3.05, 3.63) is 35.4 Å². The van der Waals surface area contributed by atoms with E-state index in [1.165, 1.54) is 12.1 Å². The Bertz CT molecular complexity index is 342. The second kappa shape index (κ2) is 4.27. The monoisotopic (exact) mass is 213 g/mol. The molecule has 0 fully saturated rings. The van der Waals surface area contributed by atoms with E-state index in [4.69, 9.17) is 5.73 Å². The zero-order valence-corrected chi connectivity index (χ0v) is 9.35. The Morgan fingerprint density at radius 1 is 1.27 bits per heavy atom. The van der Waals surface area contributed by atoms with Crippen LogP contribution in [0.25, 0.3) is 0 Å². The van der Waals surface area contributed by atoms with E-state index < -0.39 is 11.6 Å². The van der Waals surface area contributed by atoms with E-state index in [-0.39, 0.29) is 11.5 Å². The topological polar surface area (TPSA) is 26.0 Å². The Balaban J connectivity index is 2.82. The number of benzene rings is 1. The molecule has 0 saturated heterocycles. The van der Waals surface area contributed by atoms with Crippen molar-refractivity contribution in [2.24, 2.45) is 11.1 Å². The lowest BCUT2D eigenvalue weighted by molar-refractivity contribution is 0.316. The van der Waals surface area contributed by atoms with Gasteiger partial charge in [0.15, 0.2) is 0 Å². The van der Waals surface area contributed by atoms with E-state index in [0.29, 0.717) is 12.0 Å². The lowest BCUT2D eigenvalue weighted by Gasteiger charge is -2.27. The van der Waals surface area contributed by atoms with Crippen molar-refractivity contribution < 1.29 is 8.78 Å². The molecule has 1 unspecified atom stereocenters. The molecule has 0 heterocycles. The second-order valence-electron chi connectivity index (χ2n) is 4.91. The van der Waals surface area contributed by atoms with Gasteiger partial charge in [-0.25, -0.2) is 8.78 Å². The number of hydrogen-bond donors (Lipinski definition) is 1. The van der Waals surface area contributed by atoms with Gasteiger partial charge in [-0.05, 0) is 23.5 Å². The van der Waals surface area contributed by atoms with Crippen LogP contribution in [0.1, 0.15) is 26.3 Å². The molecule has 0 aliphatic rings. The molecule has 0 amide bonds. The molecule has 1 aromatic rings. The molecule has 1 rings (SSSR count). The number of rotatable bonds is 2. The molecule has 1 aromatic carbocycles. The minimum Gasteiger partial charge on any atom is -0.327 e. The molecule has 0 saturated carbocycles. The summed E-state index contributed by atoms with van der Waals surface area (Å²) in [5.74, 6) is -1.07. The van der Waals surface area contributed by atoms with Gasteiger partial charge in [0.2, 0.25) is 0 Å². The van der Waals surface area contributed by atoms with E-state index in [9.17, 15) is 8.78 Å². The zero-order valence-electron chi connectivity index (χ0n) is 9.35. The van der Waals surface area contributed by atoms with Crippen LogP contribution in [-0.4, -0.2) is 6.04 Å². The van der Waals surface area contributed by atoms with Gasteiger partial charge in [0.25, 0.3) is 0 Å². The molecule has 0 spiro atoms. The van der Waals surface area contributed by atoms with Gasteiger partial charge in [0.1, 0.15) is 11.6 Å². The predicted octanol–water partition coefficient (Wildman–Crippen LogP) is 2.88. The minimum atomic E-state index is -0.555. The summed E-state index contributed by atoms with van der Waals surface area (Å²) in [6.07, 6.45) is 0.426. The van der Waals surface area contributed by atoms with E-state index >= 15 is 0 Å². The molecule has 0 aliphatic heterocycles. The van der Waals surface area contributed by atoms with Gasteiger partial charge < -0.3 is 5.73 Å². The molecule has 0 radical (unpaired) electrons. The van der Waals surface area contributed by atoms with Gasteiger partial charge >= 0.3 is 0 Å². The van der Waals surface area contributed by atoms with Crippen LogP contribution in [0.2, 0.25) is 0 Å². The van der Waals surface area contributed by atoms with Gasteiger partial charge in [-0.3, -0.25) is 0 Å². The summed E-state index contributed by atoms with van der Waals surface area (Å²) >= 11 is 0. The summed E-state index contributed by atoms with van der Waals surface area (Å²) in [6, 6.07) is 3.46. The standard InChI is InChI=1S/C12H17F2N/c1-12(2,3)11(15)6-8-4-5-9(13)7-10(8)14/h4-5,7,11H,6,15H2,1-3H3. The van der Waals surface area contributed by atoms with Gasteiger partial charge in [0.05, 0.1) is 0 Å². The SMILES string of the molecule is CC(C)(C)C(N)Cc1ccc(F)cc1F. The normalized spacial score (nSPS) is 14.0. The first kappa shape index (κ1) is 12.1. The van der Waals surface area contributed by atoms with Crippen LogP contribution in [0.3, 0.4) is 0 Å². The number of nitrogens with two attached hydrogens (primary N) is 1. The smallest absolute Gasteiger partial charge is 0.129 e. The molecular weight excluding hydrogens is 196 g/mol. The summed E-state index contributed by atoms with van der Waals surface area (Å²) in [5, 5.41) is 0. The van der Waals surface area contributed by atoms with Crippen molar-refractivity contribution in [3.8, 4) is 0 Å². The van der Waals surface area contributed by atoms with Gasteiger partial charge in [-0.2, -0.15) is 0 Å². The van der Waals surface area contributed by atoms with Crippen LogP contribution in [-0.2, 0) is 6.42 Å². The second-order valence-corrected chi connectivity index (χ2v) is 4.91. The van der Waals surface area contributed by atoms with Crippen LogP contribution < -0.4 is 5.73 Å². The lowest BCUT2D eigenvalue weighted by atomic mass is 9.84. The minimum absolute atomic E-state index is 0.0825. The largest absolute Gasteiger partial charge is 0.327 e. The van der Waals surface area contributed by atoms with E-state index in [1.54, 1.807) is 0 Å². The van der Waals surface area contributed by atoms with Gasteiger partial charge in [-0.1, -0.05) is 26.8 Å². The van der Waals surface area contributed by atoms with Crippen molar-refractivity contribution in [1.29, 1.82) is 0 Å². The Morgan fingerprint density at radius 2 is 1.87 bits per heavy atom. The molecule has 0 aromatic heterocycles. The third-order valence-corrected chi connectivity index (χ3v) is 2.57. The first-order valence-electron chi connectivity index (χ1n) is 5.00. The highest BCUT2D eigenvalue weighted by Crippen LogP contribution is 2.22. The van der Waals surface area contributed by atoms with Crippen molar-refractivity contribution in [3.63, 3.8) is 0 Å². The fourth-order valence-electron chi connectivity index (χ4n) is 1.23. The van der Waals surface area contributed by atoms with Gasteiger partial charge in [-0.15, -0.1) is 0 Å². The summed E-state index contributed by atoms with van der Waals surface area (Å²) < 4.78 is 26.0. The molecule has 84 valence electrons. The predicted molar refractivity (Wildman–Crippen MR) is 57.5 cm³/mol. The Hall–Kier alpha value is -0.960. The summed E-state index contributed by atoms with van der Waals surface area (Å²) in [4.78, 5) is 0. The summed E-state index contributed by atoms with van der Waals surface area (Å²) in [6.45, 7) is 6.00. The highest BCUT2D eigenvalue weighted by molar-refractivity contribution is 5.19. The van der Waals surface area contributed by atoms with Crippen molar-refractivity contribution >= 4 is 0 Å². The van der Waals surface area contributed by atoms with Crippen LogP contribution in [0.15, 0.2) is 18.2 Å². The Morgan fingerprint density at radius 3 is 2.33 bits per heavy atom. The molecule has 0 aliphatic carbocycles. The highest BCUT2D eigenvalue weighted by Gasteiger charge is 2.21. The van der Waals surface area contributed by atoms with Crippen LogP contribution in [0.5, 0.6) is 0 Å². The third kappa shape index (κ3) is 3.27. The summed E-state index contributed by atoms with van der Waals surface area (Å²) in [7, 11) is 0. The molecule has 2 N–H and O–H groups in total. The summed E-state index contributed by atoms with van der Waals surface area (Å²) in [5.41, 5.74) is 6.32. The maximum Gasteiger partial charge on any atom is 0.129 e. The zero-order chi connectivity index (χ0) is 11.6. The quantitative estimate of drug-likeness (QED) is 0.803. The van der Waals surface area contributed by atoms with E-state index in [1.807, 2.05) is 20.8 Å². The first-order valence-corrected chi connectivity index (χ1v) is 5.00. The number of halogens is 2. The first-order chi connectivity index (χ1) is 6.80. The Kier molecular flexibility index (Phi) is 3.45. The molecular formula is C12H17F2N. The maximum absolute atomic E-state index is 13.3. The number of hydrogen-bond acceptors (Lipinski definition) is 1. The third-order valence-electron chi connectivity index (χ3n) is 2.57. The van der Waals surface area contributed by atoms with Crippen molar-refractivity contribution in [2.45, 2.75) is 33.2 Å². The van der Waals surface area contributed by atoms with Crippen LogP contribution in [0.4, 0.5) is 8.78 Å². The maximum atomic E-state index is 13.3. The Labute approximate surface area is 89.3 Å². The van der Waals surface area contributed by atoms with Crippen molar-refractivity contribution in [1.82, 2.24) is 0 Å². The van der Waals surface area contributed by atoms with E-state index in [0.717, 1.165) is 6.07 Å². The molecule has 1 nitrogen and oxygen atoms in total. The molecule has 0 bridgehead atoms. The van der Waals surface area contributed by atoms with Crippen molar-refractivity contribution in [2.75, 3.05) is 0 Å². The fraction of sp³-hybridized carbons (Fsp3) is 0.500. The van der Waals surface area contributed by atoms with Crippen LogP contribution >= 0.6 is 0 Å². The average molecular weight is 213 g/mol. The molecule has 1 atom stereocenters. The highest BCUT2D eigenvalue weighted by atomic mass is 19.1. The lowest BCUT2D eigenvalue weighted by Crippen LogP contribution is -2.37. The fourth-order valence-corrected chi connectivity index (χ4v) is 1.23. The van der Waals surface area contributed by atoms with E-state index in [2.05, 4.69) is 0 Å². The van der Waals surface area contributed by atoms with Crippen LogP contribution in [0, 0.1) is 17.0 Å². The molecule has 3 heteroatoms. The average Bonchev–Trinajstić information content (AvgIpc) is 2.08. The molecule has 15 heavy (non-hydrogen) atoms. The van der Waals surface area contributed by atoms with Gasteiger partial charge in [0, 0.05) is 12.1 Å².